The summed E-state index contributed by atoms with van der Waals surface area (Å²) in [6.45, 7) is 0. The van der Waals surface area contributed by atoms with E-state index in [0.717, 1.165) is 0 Å². The number of carbonyl (C=O) groups excluding carboxylic acids is 1. The Hall–Kier alpha value is -2.77. The molecule has 2 rings (SSSR count). The van der Waals surface area contributed by atoms with Crippen molar-refractivity contribution in [3.05, 3.63) is 40.3 Å². The minimum Gasteiger partial charge on any atom is -0.469 e. The average Bonchev–Trinajstić information content (AvgIpc) is 2.87. The molecule has 0 saturated carbocycles. The van der Waals surface area contributed by atoms with Crippen LogP contribution in [0, 0.1) is 10.1 Å². The molecular weight excluding hydrogens is 254 g/mol. The third kappa shape index (κ3) is 2.92. The molecular formula is C11H9N3O5. The smallest absolute Gasteiger partial charge is 0.315 e. The van der Waals surface area contributed by atoms with E-state index in [1.54, 1.807) is 6.07 Å². The number of rotatable bonds is 4. The number of ether oxygens (including phenoxy) is 1. The summed E-state index contributed by atoms with van der Waals surface area (Å²) in [6, 6.07) is 5.81. The Labute approximate surface area is 107 Å². The second-order valence-corrected chi connectivity index (χ2v) is 3.57. The monoisotopic (exact) mass is 263 g/mol. The number of nitrogens with zero attached hydrogens (tertiary/aromatic N) is 3. The first-order valence-electron chi connectivity index (χ1n) is 5.24. The predicted octanol–water partition coefficient (Wildman–Crippen LogP) is 1.36. The summed E-state index contributed by atoms with van der Waals surface area (Å²) in [5.74, 6) is -0.231. The number of carbonyl (C=O) groups is 1. The van der Waals surface area contributed by atoms with Gasteiger partial charge in [-0.1, -0.05) is 17.3 Å². The molecule has 0 unspecified atom stereocenters. The van der Waals surface area contributed by atoms with Crippen molar-refractivity contribution in [2.45, 2.75) is 6.42 Å². The number of hydrogen-bond acceptors (Lipinski definition) is 7. The third-order valence-corrected chi connectivity index (χ3v) is 2.31. The Morgan fingerprint density at radius 1 is 1.53 bits per heavy atom. The second-order valence-electron chi connectivity index (χ2n) is 3.57. The molecule has 0 atom stereocenters. The first kappa shape index (κ1) is 12.7. The van der Waals surface area contributed by atoms with Gasteiger partial charge in [0.1, 0.15) is 6.42 Å². The van der Waals surface area contributed by atoms with Gasteiger partial charge >= 0.3 is 5.97 Å². The van der Waals surface area contributed by atoms with Crippen LogP contribution in [-0.4, -0.2) is 28.1 Å². The van der Waals surface area contributed by atoms with Crippen LogP contribution >= 0.6 is 0 Å². The summed E-state index contributed by atoms with van der Waals surface area (Å²) >= 11 is 0. The zero-order valence-electron chi connectivity index (χ0n) is 9.90. The zero-order chi connectivity index (χ0) is 13.8. The standard InChI is InChI=1S/C11H9N3O5/c1-18-10(15)6-9-12-11(13-19-9)7-3-2-4-8(5-7)14(16)17/h2-5H,6H2,1H3. The first-order valence-corrected chi connectivity index (χ1v) is 5.24. The molecule has 0 aliphatic rings. The number of hydrogen-bond donors (Lipinski definition) is 0. The van der Waals surface area contributed by atoms with E-state index < -0.39 is 10.9 Å². The van der Waals surface area contributed by atoms with Crippen molar-refractivity contribution in [2.24, 2.45) is 0 Å². The van der Waals surface area contributed by atoms with E-state index >= 15 is 0 Å². The number of non-ortho nitro benzene ring substituents is 1. The van der Waals surface area contributed by atoms with Crippen LogP contribution in [0.3, 0.4) is 0 Å². The Morgan fingerprint density at radius 3 is 3.00 bits per heavy atom. The SMILES string of the molecule is COC(=O)Cc1nc(-c2cccc([N+](=O)[O-])c2)no1. The Balaban J connectivity index is 2.25. The summed E-state index contributed by atoms with van der Waals surface area (Å²) in [5.41, 5.74) is 0.367. The molecule has 98 valence electrons. The molecule has 1 heterocycles. The van der Waals surface area contributed by atoms with Gasteiger partial charge in [0.25, 0.3) is 5.69 Å². The minimum atomic E-state index is -0.515. The van der Waals surface area contributed by atoms with Crippen molar-refractivity contribution in [1.82, 2.24) is 10.1 Å². The summed E-state index contributed by atoms with van der Waals surface area (Å²) < 4.78 is 9.32. The summed E-state index contributed by atoms with van der Waals surface area (Å²) in [4.78, 5) is 25.1. The van der Waals surface area contributed by atoms with Gasteiger partial charge in [0.05, 0.1) is 12.0 Å². The van der Waals surface area contributed by atoms with E-state index in [2.05, 4.69) is 14.9 Å². The van der Waals surface area contributed by atoms with E-state index in [9.17, 15) is 14.9 Å². The van der Waals surface area contributed by atoms with Gasteiger partial charge in [0, 0.05) is 17.7 Å². The van der Waals surface area contributed by atoms with Gasteiger partial charge in [-0.2, -0.15) is 4.98 Å². The quantitative estimate of drug-likeness (QED) is 0.465. The van der Waals surface area contributed by atoms with E-state index in [1.165, 1.54) is 25.3 Å². The fraction of sp³-hybridized carbons (Fsp3) is 0.182. The van der Waals surface area contributed by atoms with E-state index in [1.807, 2.05) is 0 Å². The van der Waals surface area contributed by atoms with Crippen molar-refractivity contribution in [3.8, 4) is 11.4 Å². The van der Waals surface area contributed by atoms with E-state index in [4.69, 9.17) is 4.52 Å². The second kappa shape index (κ2) is 5.25. The summed E-state index contributed by atoms with van der Waals surface area (Å²) in [5, 5.41) is 14.3. The molecule has 8 heteroatoms. The molecule has 0 bridgehead atoms. The van der Waals surface area contributed by atoms with Crippen LogP contribution in [0.25, 0.3) is 11.4 Å². The van der Waals surface area contributed by atoms with Gasteiger partial charge in [-0.25, -0.2) is 0 Å². The molecule has 1 aromatic heterocycles. The Morgan fingerprint density at radius 2 is 2.32 bits per heavy atom. The van der Waals surface area contributed by atoms with Gasteiger partial charge in [-0.15, -0.1) is 0 Å². The summed E-state index contributed by atoms with van der Waals surface area (Å²) in [7, 11) is 1.25. The maximum absolute atomic E-state index is 11.0. The van der Waals surface area contributed by atoms with Crippen LogP contribution in [0.5, 0.6) is 0 Å². The van der Waals surface area contributed by atoms with Crippen molar-refractivity contribution >= 4 is 11.7 Å². The maximum Gasteiger partial charge on any atom is 0.315 e. The van der Waals surface area contributed by atoms with Crippen molar-refractivity contribution in [3.63, 3.8) is 0 Å². The van der Waals surface area contributed by atoms with Crippen LogP contribution < -0.4 is 0 Å². The molecule has 0 N–H and O–H groups in total. The Kier molecular flexibility index (Phi) is 3.51. The molecule has 0 aliphatic carbocycles. The van der Waals surface area contributed by atoms with Crippen LogP contribution in [0.1, 0.15) is 5.89 Å². The Bertz CT molecular complexity index is 622. The number of methoxy groups -OCH3 is 1. The lowest BCUT2D eigenvalue weighted by molar-refractivity contribution is -0.384. The highest BCUT2D eigenvalue weighted by Gasteiger charge is 2.14. The normalized spacial score (nSPS) is 10.2. The highest BCUT2D eigenvalue weighted by Crippen LogP contribution is 2.21. The van der Waals surface area contributed by atoms with Gasteiger partial charge in [-0.3, -0.25) is 14.9 Å². The number of benzene rings is 1. The lowest BCUT2D eigenvalue weighted by Gasteiger charge is -1.94. The van der Waals surface area contributed by atoms with Crippen molar-refractivity contribution in [2.75, 3.05) is 7.11 Å². The topological polar surface area (TPSA) is 108 Å². The molecule has 0 spiro atoms. The average molecular weight is 263 g/mol. The molecule has 0 aliphatic heterocycles. The number of nitro groups is 1. The fourth-order valence-corrected chi connectivity index (χ4v) is 1.40. The number of aromatic nitrogens is 2. The number of esters is 1. The largest absolute Gasteiger partial charge is 0.469 e. The predicted molar refractivity (Wildman–Crippen MR) is 62.1 cm³/mol. The first-order chi connectivity index (χ1) is 9.10. The lowest BCUT2D eigenvalue weighted by atomic mass is 10.2. The highest BCUT2D eigenvalue weighted by molar-refractivity contribution is 5.71. The van der Waals surface area contributed by atoms with Crippen LogP contribution in [0.4, 0.5) is 5.69 Å². The third-order valence-electron chi connectivity index (χ3n) is 2.31. The molecule has 19 heavy (non-hydrogen) atoms. The van der Waals surface area contributed by atoms with Crippen molar-refractivity contribution in [1.29, 1.82) is 0 Å². The molecule has 0 radical (unpaired) electrons. The molecule has 1 aromatic carbocycles. The fourth-order valence-electron chi connectivity index (χ4n) is 1.40. The summed E-state index contributed by atoms with van der Waals surface area (Å²) in [6.07, 6.45) is -0.140. The molecule has 0 amide bonds. The van der Waals surface area contributed by atoms with Crippen LogP contribution in [0.15, 0.2) is 28.8 Å². The minimum absolute atomic E-state index is 0.0724. The van der Waals surface area contributed by atoms with E-state index in [-0.39, 0.29) is 23.8 Å². The van der Waals surface area contributed by atoms with Gasteiger partial charge in [0.15, 0.2) is 0 Å². The van der Waals surface area contributed by atoms with Gasteiger partial charge < -0.3 is 9.26 Å². The molecule has 2 aromatic rings. The lowest BCUT2D eigenvalue weighted by Crippen LogP contribution is -2.04. The van der Waals surface area contributed by atoms with Crippen LogP contribution in [0.2, 0.25) is 0 Å². The molecule has 0 fully saturated rings. The molecule has 0 saturated heterocycles. The maximum atomic E-state index is 11.0. The van der Waals surface area contributed by atoms with Crippen LogP contribution in [-0.2, 0) is 16.0 Å². The van der Waals surface area contributed by atoms with Gasteiger partial charge in [-0.05, 0) is 0 Å². The van der Waals surface area contributed by atoms with Gasteiger partial charge in [0.2, 0.25) is 11.7 Å². The molecule has 8 nitrogen and oxygen atoms in total. The number of nitro benzene ring substituents is 1. The van der Waals surface area contributed by atoms with E-state index in [0.29, 0.717) is 5.56 Å². The highest BCUT2D eigenvalue weighted by atomic mass is 16.6. The van der Waals surface area contributed by atoms with Crippen molar-refractivity contribution < 1.29 is 19.0 Å². The zero-order valence-corrected chi connectivity index (χ0v) is 9.90.